The van der Waals surface area contributed by atoms with Crippen molar-refractivity contribution in [2.75, 3.05) is 19.0 Å². The lowest BCUT2D eigenvalue weighted by atomic mass is 10.0. The van der Waals surface area contributed by atoms with Gasteiger partial charge < -0.3 is 10.1 Å². The van der Waals surface area contributed by atoms with Crippen LogP contribution >= 0.6 is 11.6 Å². The van der Waals surface area contributed by atoms with Crippen molar-refractivity contribution in [2.45, 2.75) is 39.2 Å². The zero-order valence-corrected chi connectivity index (χ0v) is 10.9. The maximum atomic E-state index is 11.7. The Kier molecular flexibility index (Phi) is 6.14. The predicted octanol–water partition coefficient (Wildman–Crippen LogP) is 2.18. The largest absolute Gasteiger partial charge is 0.368 e. The maximum absolute atomic E-state index is 11.7. The zero-order chi connectivity index (χ0) is 12.0. The molecular formula is C12H22ClNO2. The number of nitrogens with one attached hydrogen (secondary N) is 1. The number of rotatable bonds is 6. The summed E-state index contributed by atoms with van der Waals surface area (Å²) in [5.74, 6) is 1.61. The predicted molar refractivity (Wildman–Crippen MR) is 65.6 cm³/mol. The molecule has 3 unspecified atom stereocenters. The molecule has 94 valence electrons. The minimum atomic E-state index is -0.231. The van der Waals surface area contributed by atoms with Crippen molar-refractivity contribution < 1.29 is 9.53 Å². The number of carbonyl (C=O) groups excluding carboxylic acids is 1. The van der Waals surface area contributed by atoms with Crippen molar-refractivity contribution in [1.82, 2.24) is 5.32 Å². The highest BCUT2D eigenvalue weighted by Crippen LogP contribution is 2.19. The van der Waals surface area contributed by atoms with E-state index in [4.69, 9.17) is 16.3 Å². The minimum Gasteiger partial charge on any atom is -0.368 e. The van der Waals surface area contributed by atoms with E-state index in [1.54, 1.807) is 0 Å². The molecule has 0 aromatic heterocycles. The van der Waals surface area contributed by atoms with Crippen molar-refractivity contribution in [3.63, 3.8) is 0 Å². The van der Waals surface area contributed by atoms with Gasteiger partial charge in [0.05, 0.1) is 0 Å². The molecule has 1 saturated heterocycles. The van der Waals surface area contributed by atoms with Crippen molar-refractivity contribution >= 4 is 17.5 Å². The summed E-state index contributed by atoms with van der Waals surface area (Å²) >= 11 is 5.71. The molecule has 4 heteroatoms. The summed E-state index contributed by atoms with van der Waals surface area (Å²) in [5.41, 5.74) is 0. The van der Waals surface area contributed by atoms with Crippen LogP contribution in [0.3, 0.4) is 0 Å². The molecule has 0 spiro atoms. The summed E-state index contributed by atoms with van der Waals surface area (Å²) in [5, 5.41) is 2.93. The molecule has 3 nitrogen and oxygen atoms in total. The van der Waals surface area contributed by atoms with E-state index < -0.39 is 0 Å². The fraction of sp³-hybridized carbons (Fsp3) is 0.917. The van der Waals surface area contributed by atoms with E-state index in [9.17, 15) is 4.79 Å². The SMILES string of the molecule is CC(CCl)CCCNC(=O)C1OCCC1C. The zero-order valence-electron chi connectivity index (χ0n) is 10.2. The van der Waals surface area contributed by atoms with Crippen LogP contribution in [0, 0.1) is 11.8 Å². The smallest absolute Gasteiger partial charge is 0.249 e. The molecule has 1 N–H and O–H groups in total. The summed E-state index contributed by atoms with van der Waals surface area (Å²) < 4.78 is 5.39. The van der Waals surface area contributed by atoms with Crippen molar-refractivity contribution in [3.8, 4) is 0 Å². The summed E-state index contributed by atoms with van der Waals surface area (Å²) in [6.45, 7) is 5.62. The number of alkyl halides is 1. The molecule has 1 fully saturated rings. The van der Waals surface area contributed by atoms with Gasteiger partial charge in [0.1, 0.15) is 6.10 Å². The molecule has 3 atom stereocenters. The number of halogens is 1. The van der Waals surface area contributed by atoms with Gasteiger partial charge in [-0.2, -0.15) is 0 Å². The lowest BCUT2D eigenvalue weighted by molar-refractivity contribution is -0.131. The average Bonchev–Trinajstić information content (AvgIpc) is 2.70. The number of hydrogen-bond donors (Lipinski definition) is 1. The Hall–Kier alpha value is -0.280. The normalized spacial score (nSPS) is 26.7. The molecule has 0 saturated carbocycles. The highest BCUT2D eigenvalue weighted by Gasteiger charge is 2.30. The Bertz CT molecular complexity index is 223. The second-order valence-electron chi connectivity index (χ2n) is 4.75. The molecule has 1 aliphatic rings. The van der Waals surface area contributed by atoms with E-state index in [-0.39, 0.29) is 12.0 Å². The molecule has 1 amide bonds. The third-order valence-electron chi connectivity index (χ3n) is 3.08. The highest BCUT2D eigenvalue weighted by atomic mass is 35.5. The van der Waals surface area contributed by atoms with Crippen LogP contribution in [0.1, 0.15) is 33.1 Å². The van der Waals surface area contributed by atoms with E-state index in [0.717, 1.165) is 25.8 Å². The van der Waals surface area contributed by atoms with Gasteiger partial charge in [-0.05, 0) is 31.1 Å². The van der Waals surface area contributed by atoms with Crippen LogP contribution in [0.25, 0.3) is 0 Å². The van der Waals surface area contributed by atoms with Crippen LogP contribution in [0.2, 0.25) is 0 Å². The summed E-state index contributed by atoms with van der Waals surface area (Å²) in [6.07, 6.45) is 2.80. The first kappa shape index (κ1) is 13.8. The van der Waals surface area contributed by atoms with Crippen molar-refractivity contribution in [3.05, 3.63) is 0 Å². The highest BCUT2D eigenvalue weighted by molar-refractivity contribution is 6.18. The second-order valence-corrected chi connectivity index (χ2v) is 5.06. The average molecular weight is 248 g/mol. The third-order valence-corrected chi connectivity index (χ3v) is 3.61. The molecule has 0 aliphatic carbocycles. The Balaban J connectivity index is 2.10. The molecule has 0 bridgehead atoms. The number of hydrogen-bond acceptors (Lipinski definition) is 2. The Labute approximate surface area is 103 Å². The molecule has 1 rings (SSSR count). The topological polar surface area (TPSA) is 38.3 Å². The Morgan fingerprint density at radius 3 is 2.94 bits per heavy atom. The number of carbonyl (C=O) groups is 1. The van der Waals surface area contributed by atoms with Crippen LogP contribution in [0.5, 0.6) is 0 Å². The van der Waals surface area contributed by atoms with Gasteiger partial charge in [-0.15, -0.1) is 11.6 Å². The lowest BCUT2D eigenvalue weighted by Gasteiger charge is -2.14. The third kappa shape index (κ3) is 4.30. The minimum absolute atomic E-state index is 0.0449. The Morgan fingerprint density at radius 2 is 2.38 bits per heavy atom. The summed E-state index contributed by atoms with van der Waals surface area (Å²) in [4.78, 5) is 11.7. The lowest BCUT2D eigenvalue weighted by Crippen LogP contribution is -2.37. The Morgan fingerprint density at radius 1 is 1.62 bits per heavy atom. The van der Waals surface area contributed by atoms with Crippen LogP contribution in [-0.2, 0) is 9.53 Å². The van der Waals surface area contributed by atoms with Crippen LogP contribution in [0.15, 0.2) is 0 Å². The van der Waals surface area contributed by atoms with E-state index in [1.807, 2.05) is 0 Å². The van der Waals surface area contributed by atoms with Gasteiger partial charge in [0.25, 0.3) is 0 Å². The van der Waals surface area contributed by atoms with Gasteiger partial charge in [0.15, 0.2) is 0 Å². The van der Waals surface area contributed by atoms with Crippen molar-refractivity contribution in [2.24, 2.45) is 11.8 Å². The van der Waals surface area contributed by atoms with Gasteiger partial charge >= 0.3 is 0 Å². The van der Waals surface area contributed by atoms with Gasteiger partial charge in [-0.25, -0.2) is 0 Å². The van der Waals surface area contributed by atoms with E-state index >= 15 is 0 Å². The van der Waals surface area contributed by atoms with Gasteiger partial charge in [-0.3, -0.25) is 4.79 Å². The molecule has 0 aromatic carbocycles. The number of ether oxygens (including phenoxy) is 1. The molecule has 16 heavy (non-hydrogen) atoms. The van der Waals surface area contributed by atoms with Crippen molar-refractivity contribution in [1.29, 1.82) is 0 Å². The monoisotopic (exact) mass is 247 g/mol. The van der Waals surface area contributed by atoms with Crippen LogP contribution in [-0.4, -0.2) is 31.0 Å². The number of amides is 1. The summed E-state index contributed by atoms with van der Waals surface area (Å²) in [6, 6.07) is 0. The standard InChI is InChI=1S/C12H22ClNO2/c1-9(8-13)4-3-6-14-12(15)11-10(2)5-7-16-11/h9-11H,3-8H2,1-2H3,(H,14,15). The van der Waals surface area contributed by atoms with Gasteiger partial charge in [-0.1, -0.05) is 13.8 Å². The fourth-order valence-corrected chi connectivity index (χ4v) is 2.02. The van der Waals surface area contributed by atoms with Gasteiger partial charge in [0.2, 0.25) is 5.91 Å². The summed E-state index contributed by atoms with van der Waals surface area (Å²) in [7, 11) is 0. The fourth-order valence-electron chi connectivity index (χ4n) is 1.87. The first-order chi connectivity index (χ1) is 7.65. The van der Waals surface area contributed by atoms with Crippen LogP contribution in [0.4, 0.5) is 0 Å². The van der Waals surface area contributed by atoms with Crippen LogP contribution < -0.4 is 5.32 Å². The first-order valence-electron chi connectivity index (χ1n) is 6.10. The molecular weight excluding hydrogens is 226 g/mol. The first-order valence-corrected chi connectivity index (χ1v) is 6.64. The van der Waals surface area contributed by atoms with E-state index in [0.29, 0.717) is 24.3 Å². The van der Waals surface area contributed by atoms with E-state index in [2.05, 4.69) is 19.2 Å². The quantitative estimate of drug-likeness (QED) is 0.577. The van der Waals surface area contributed by atoms with E-state index in [1.165, 1.54) is 0 Å². The molecule has 1 heterocycles. The molecule has 0 aromatic rings. The molecule has 0 radical (unpaired) electrons. The molecule has 1 aliphatic heterocycles. The van der Waals surface area contributed by atoms with Gasteiger partial charge in [0, 0.05) is 19.0 Å². The second kappa shape index (κ2) is 7.13. The maximum Gasteiger partial charge on any atom is 0.249 e.